The Balaban J connectivity index is 1.37. The molecule has 0 aliphatic carbocycles. The Morgan fingerprint density at radius 3 is 2.34 bits per heavy atom. The average Bonchev–Trinajstić information content (AvgIpc) is 3.65. The summed E-state index contributed by atoms with van der Waals surface area (Å²) in [5.74, 6) is 1.96. The molecule has 5 rings (SSSR count). The van der Waals surface area contributed by atoms with Gasteiger partial charge in [-0.15, -0.1) is 0 Å². The third kappa shape index (κ3) is 6.16. The quantitative estimate of drug-likeness (QED) is 0.143. The number of amides is 1. The predicted octanol–water partition coefficient (Wildman–Crippen LogP) is 6.96. The van der Waals surface area contributed by atoms with Crippen molar-refractivity contribution in [2.24, 2.45) is 0 Å². The van der Waals surface area contributed by atoms with Gasteiger partial charge < -0.3 is 35.1 Å². The molecule has 11 nitrogen and oxygen atoms in total. The lowest BCUT2D eigenvalue weighted by molar-refractivity contribution is -0.117. The molecule has 0 fully saturated rings. The van der Waals surface area contributed by atoms with E-state index >= 15 is 0 Å². The Morgan fingerprint density at radius 1 is 0.955 bits per heavy atom. The average molecular weight is 615 g/mol. The Kier molecular flexibility index (Phi) is 9.00. The first-order valence-corrected chi connectivity index (χ1v) is 14.7. The van der Waals surface area contributed by atoms with Gasteiger partial charge in [0, 0.05) is 29.1 Å². The fourth-order valence-electron chi connectivity index (χ4n) is 4.93. The maximum Gasteiger partial charge on any atom is 0.272 e. The Bertz CT molecular complexity index is 1770. The topological polar surface area (TPSA) is 147 Å². The van der Waals surface area contributed by atoms with Gasteiger partial charge in [0.05, 0.1) is 27.2 Å². The number of benzene rings is 3. The molecular formula is C32H34N6O5S. The van der Waals surface area contributed by atoms with Crippen LogP contribution in [0.1, 0.15) is 36.0 Å². The van der Waals surface area contributed by atoms with Crippen molar-refractivity contribution in [1.82, 2.24) is 15.1 Å². The zero-order chi connectivity index (χ0) is 31.4. The third-order valence-electron chi connectivity index (χ3n) is 7.22. The summed E-state index contributed by atoms with van der Waals surface area (Å²) in [5, 5.41) is 11.0. The van der Waals surface area contributed by atoms with Crippen LogP contribution in [0, 0.1) is 13.8 Å². The van der Waals surface area contributed by atoms with Gasteiger partial charge in [0.25, 0.3) is 5.89 Å². The number of hydrogen-bond acceptors (Lipinski definition) is 11. The molecule has 0 spiro atoms. The van der Waals surface area contributed by atoms with Crippen molar-refractivity contribution in [2.45, 2.75) is 33.1 Å². The molecule has 0 bridgehead atoms. The van der Waals surface area contributed by atoms with Gasteiger partial charge in [0.15, 0.2) is 16.6 Å². The van der Waals surface area contributed by atoms with Gasteiger partial charge in [0.1, 0.15) is 10.7 Å². The van der Waals surface area contributed by atoms with E-state index in [1.807, 2.05) is 63.2 Å². The first-order chi connectivity index (χ1) is 21.3. The maximum absolute atomic E-state index is 13.3. The van der Waals surface area contributed by atoms with Crippen molar-refractivity contribution >= 4 is 39.6 Å². The van der Waals surface area contributed by atoms with Gasteiger partial charge in [-0.1, -0.05) is 53.7 Å². The van der Waals surface area contributed by atoms with Crippen LogP contribution >= 0.6 is 11.3 Å². The summed E-state index contributed by atoms with van der Waals surface area (Å²) < 4.78 is 21.9. The van der Waals surface area contributed by atoms with Crippen molar-refractivity contribution in [1.29, 1.82) is 0 Å². The lowest BCUT2D eigenvalue weighted by Crippen LogP contribution is -2.21. The zero-order valence-electron chi connectivity index (χ0n) is 25.3. The van der Waals surface area contributed by atoms with Crippen molar-refractivity contribution in [3.63, 3.8) is 0 Å². The molecule has 1 amide bonds. The van der Waals surface area contributed by atoms with Crippen LogP contribution in [0.2, 0.25) is 0 Å². The van der Waals surface area contributed by atoms with E-state index in [0.29, 0.717) is 50.9 Å². The number of carbonyl (C=O) groups excluding carboxylic acids is 1. The molecule has 2 aromatic heterocycles. The Labute approximate surface area is 259 Å². The second-order valence-corrected chi connectivity index (χ2v) is 11.0. The molecule has 0 radical (unpaired) electrons. The second kappa shape index (κ2) is 13.0. The highest BCUT2D eigenvalue weighted by atomic mass is 32.1. The highest BCUT2D eigenvalue weighted by Gasteiger charge is 2.23. The van der Waals surface area contributed by atoms with E-state index in [-0.39, 0.29) is 23.5 Å². The van der Waals surface area contributed by atoms with Gasteiger partial charge in [-0.05, 0) is 49.1 Å². The number of nitrogens with one attached hydrogen (secondary N) is 2. The maximum atomic E-state index is 13.3. The van der Waals surface area contributed by atoms with Gasteiger partial charge in [-0.25, -0.2) is 4.98 Å². The molecule has 0 aliphatic rings. The highest BCUT2D eigenvalue weighted by molar-refractivity contribution is 7.19. The summed E-state index contributed by atoms with van der Waals surface area (Å²) in [4.78, 5) is 22.9. The number of nitrogens with zero attached hydrogens (tertiary/aromatic N) is 3. The summed E-state index contributed by atoms with van der Waals surface area (Å²) in [7, 11) is 4.64. The van der Waals surface area contributed by atoms with Crippen LogP contribution in [-0.4, -0.2) is 42.4 Å². The number of ether oxygens (including phenoxy) is 3. The van der Waals surface area contributed by atoms with E-state index in [0.717, 1.165) is 22.3 Å². The molecule has 0 saturated carbocycles. The van der Waals surface area contributed by atoms with Crippen LogP contribution in [0.15, 0.2) is 59.1 Å². The van der Waals surface area contributed by atoms with E-state index in [9.17, 15) is 4.79 Å². The smallest absolute Gasteiger partial charge is 0.272 e. The SMILES string of the molecule is CCC(C(=O)Nc1ccc(C)c(-c2noc(-c3sc(Nc4cc(OC)c(OC)c(OC)c4)nc3N)n2)c1)c1ccccc1C. The van der Waals surface area contributed by atoms with Crippen LogP contribution < -0.4 is 30.6 Å². The minimum Gasteiger partial charge on any atom is -0.493 e. The van der Waals surface area contributed by atoms with E-state index < -0.39 is 0 Å². The number of anilines is 4. The summed E-state index contributed by atoms with van der Waals surface area (Å²) in [5.41, 5.74) is 11.3. The number of thiazole rings is 1. The number of methoxy groups -OCH3 is 3. The Hall–Kier alpha value is -5.10. The summed E-state index contributed by atoms with van der Waals surface area (Å²) >= 11 is 1.26. The molecule has 5 aromatic rings. The van der Waals surface area contributed by atoms with Crippen LogP contribution in [0.5, 0.6) is 17.2 Å². The molecule has 0 saturated heterocycles. The van der Waals surface area contributed by atoms with Crippen molar-refractivity contribution in [2.75, 3.05) is 37.7 Å². The lowest BCUT2D eigenvalue weighted by atomic mass is 9.92. The van der Waals surface area contributed by atoms with Crippen molar-refractivity contribution in [3.05, 3.63) is 71.3 Å². The van der Waals surface area contributed by atoms with Gasteiger partial charge in [-0.2, -0.15) is 4.98 Å². The normalized spacial score (nSPS) is 11.6. The van der Waals surface area contributed by atoms with Crippen LogP contribution in [0.25, 0.3) is 22.2 Å². The van der Waals surface area contributed by atoms with Crippen LogP contribution in [-0.2, 0) is 4.79 Å². The van der Waals surface area contributed by atoms with Gasteiger partial charge in [-0.3, -0.25) is 4.79 Å². The molecule has 1 atom stereocenters. The fourth-order valence-corrected chi connectivity index (χ4v) is 5.76. The highest BCUT2D eigenvalue weighted by Crippen LogP contribution is 2.42. The monoisotopic (exact) mass is 614 g/mol. The Morgan fingerprint density at radius 2 is 1.68 bits per heavy atom. The predicted molar refractivity (Wildman–Crippen MR) is 172 cm³/mol. The molecule has 0 aliphatic heterocycles. The van der Waals surface area contributed by atoms with E-state index in [1.165, 1.54) is 11.3 Å². The number of hydrogen-bond donors (Lipinski definition) is 3. The number of nitrogens with two attached hydrogens (primary N) is 1. The minimum absolute atomic E-state index is 0.0741. The first-order valence-electron chi connectivity index (χ1n) is 13.9. The summed E-state index contributed by atoms with van der Waals surface area (Å²) in [6.45, 7) is 5.97. The number of nitrogen functional groups attached to an aromatic ring is 1. The molecule has 44 heavy (non-hydrogen) atoms. The fraction of sp³-hybridized carbons (Fsp3) is 0.250. The molecule has 228 valence electrons. The van der Waals surface area contributed by atoms with E-state index in [1.54, 1.807) is 33.5 Å². The van der Waals surface area contributed by atoms with Gasteiger partial charge >= 0.3 is 0 Å². The molecule has 4 N–H and O–H groups in total. The summed E-state index contributed by atoms with van der Waals surface area (Å²) in [6, 6.07) is 17.1. The standard InChI is InChI=1S/C32H34N6O5S/c1-7-21(22-11-9-8-10-17(22)2)30(39)34-19-13-12-18(3)23(14-19)29-37-31(43-38-29)27-28(33)36-32(44-27)35-20-15-24(40-4)26(42-6)25(16-20)41-5/h8-16,21H,7,33H2,1-6H3,(H,34,39)(H,35,36). The van der Waals surface area contributed by atoms with Crippen molar-refractivity contribution < 1.29 is 23.5 Å². The lowest BCUT2D eigenvalue weighted by Gasteiger charge is -2.18. The first kappa shape index (κ1) is 30.4. The molecule has 1 unspecified atom stereocenters. The minimum atomic E-state index is -0.269. The number of aryl methyl sites for hydroxylation is 2. The molecule has 3 aromatic carbocycles. The number of rotatable bonds is 11. The van der Waals surface area contributed by atoms with Crippen molar-refractivity contribution in [3.8, 4) is 39.4 Å². The number of carbonyl (C=O) groups is 1. The van der Waals surface area contributed by atoms with Crippen LogP contribution in [0.4, 0.5) is 22.3 Å². The number of aromatic nitrogens is 3. The largest absolute Gasteiger partial charge is 0.493 e. The van der Waals surface area contributed by atoms with Crippen LogP contribution in [0.3, 0.4) is 0 Å². The summed E-state index contributed by atoms with van der Waals surface area (Å²) in [6.07, 6.45) is 0.677. The molecular weight excluding hydrogens is 580 g/mol. The second-order valence-electron chi connectivity index (χ2n) is 10.0. The van der Waals surface area contributed by atoms with E-state index in [4.69, 9.17) is 24.5 Å². The van der Waals surface area contributed by atoms with E-state index in [2.05, 4.69) is 25.8 Å². The zero-order valence-corrected chi connectivity index (χ0v) is 26.2. The third-order valence-corrected chi connectivity index (χ3v) is 8.20. The molecule has 12 heteroatoms. The molecule has 2 heterocycles. The van der Waals surface area contributed by atoms with Gasteiger partial charge in [0.2, 0.25) is 17.5 Å².